The molecule has 2 aliphatic rings. The van der Waals surface area contributed by atoms with Crippen LogP contribution in [0, 0.1) is 17.8 Å². The summed E-state index contributed by atoms with van der Waals surface area (Å²) >= 11 is 0. The van der Waals surface area contributed by atoms with Crippen LogP contribution in [0.15, 0.2) is 30.3 Å². The van der Waals surface area contributed by atoms with Gasteiger partial charge in [-0.05, 0) is 36.2 Å². The van der Waals surface area contributed by atoms with Gasteiger partial charge in [0.05, 0.1) is 6.61 Å². The van der Waals surface area contributed by atoms with Crippen molar-refractivity contribution >= 4 is 6.16 Å². The molecule has 3 unspecified atom stereocenters. The van der Waals surface area contributed by atoms with Gasteiger partial charge in [-0.15, -0.1) is 0 Å². The summed E-state index contributed by atoms with van der Waals surface area (Å²) in [5.41, 5.74) is 0.863. The van der Waals surface area contributed by atoms with Gasteiger partial charge in [-0.2, -0.15) is 0 Å². The summed E-state index contributed by atoms with van der Waals surface area (Å²) in [7, 11) is 0. The first-order chi connectivity index (χ1) is 15.3. The molecule has 1 aliphatic carbocycles. The van der Waals surface area contributed by atoms with E-state index in [-0.39, 0.29) is 25.2 Å². The normalized spacial score (nSPS) is 35.5. The zero-order valence-electron chi connectivity index (χ0n) is 19.0. The Morgan fingerprint density at radius 2 is 1.81 bits per heavy atom. The summed E-state index contributed by atoms with van der Waals surface area (Å²) in [6.07, 6.45) is -4.74. The molecule has 0 spiro atoms. The van der Waals surface area contributed by atoms with Crippen LogP contribution in [-0.2, 0) is 25.6 Å². The average Bonchev–Trinajstić information content (AvgIpc) is 2.77. The van der Waals surface area contributed by atoms with E-state index in [1.807, 2.05) is 30.3 Å². The molecular formula is C24H36O8. The summed E-state index contributed by atoms with van der Waals surface area (Å²) in [6.45, 7) is 6.21. The predicted octanol–water partition coefficient (Wildman–Crippen LogP) is 2.62. The third-order valence-electron chi connectivity index (χ3n) is 6.50. The van der Waals surface area contributed by atoms with Crippen LogP contribution in [0.1, 0.15) is 45.6 Å². The highest BCUT2D eigenvalue weighted by molar-refractivity contribution is 5.60. The second kappa shape index (κ2) is 11.4. The molecule has 2 fully saturated rings. The van der Waals surface area contributed by atoms with Crippen LogP contribution in [0.25, 0.3) is 0 Å². The minimum absolute atomic E-state index is 0.150. The van der Waals surface area contributed by atoms with Crippen LogP contribution in [0.4, 0.5) is 4.79 Å². The monoisotopic (exact) mass is 452 g/mol. The lowest BCUT2D eigenvalue weighted by molar-refractivity contribution is -0.304. The fraction of sp³-hybridized carbons (Fsp3) is 0.708. The van der Waals surface area contributed by atoms with Crippen LogP contribution >= 0.6 is 0 Å². The Labute approximate surface area is 189 Å². The van der Waals surface area contributed by atoms with Gasteiger partial charge in [0.1, 0.15) is 37.1 Å². The molecule has 8 nitrogen and oxygen atoms in total. The minimum atomic E-state index is -1.50. The van der Waals surface area contributed by atoms with E-state index in [9.17, 15) is 20.1 Å². The number of aliphatic hydroxyl groups excluding tert-OH is 3. The van der Waals surface area contributed by atoms with E-state index in [4.69, 9.17) is 18.9 Å². The van der Waals surface area contributed by atoms with Gasteiger partial charge in [-0.25, -0.2) is 4.79 Å². The molecule has 1 saturated carbocycles. The van der Waals surface area contributed by atoms with Crippen molar-refractivity contribution in [1.29, 1.82) is 0 Å². The molecule has 180 valence electrons. The summed E-state index contributed by atoms with van der Waals surface area (Å²) in [4.78, 5) is 12.3. The fourth-order valence-electron chi connectivity index (χ4n) is 4.50. The molecule has 1 saturated heterocycles. The Morgan fingerprint density at radius 3 is 2.50 bits per heavy atom. The van der Waals surface area contributed by atoms with Crippen LogP contribution in [0.5, 0.6) is 0 Å². The highest BCUT2D eigenvalue weighted by Gasteiger charge is 2.45. The van der Waals surface area contributed by atoms with Gasteiger partial charge in [-0.3, -0.25) is 0 Å². The largest absolute Gasteiger partial charge is 0.508 e. The molecule has 0 radical (unpaired) electrons. The number of rotatable bonds is 7. The van der Waals surface area contributed by atoms with Crippen LogP contribution in [-0.4, -0.2) is 64.9 Å². The molecule has 8 atom stereocenters. The van der Waals surface area contributed by atoms with Crippen molar-refractivity contribution in [3.8, 4) is 0 Å². The molecule has 32 heavy (non-hydrogen) atoms. The van der Waals surface area contributed by atoms with Gasteiger partial charge >= 0.3 is 6.16 Å². The molecule has 1 aromatic rings. The van der Waals surface area contributed by atoms with E-state index in [2.05, 4.69) is 20.8 Å². The maximum absolute atomic E-state index is 12.3. The van der Waals surface area contributed by atoms with Crippen molar-refractivity contribution in [3.05, 3.63) is 35.9 Å². The molecular weight excluding hydrogens is 416 g/mol. The molecule has 0 bridgehead atoms. The number of aliphatic hydroxyl groups is 3. The van der Waals surface area contributed by atoms with E-state index in [0.29, 0.717) is 11.8 Å². The third kappa shape index (κ3) is 6.42. The summed E-state index contributed by atoms with van der Waals surface area (Å²) < 4.78 is 22.0. The van der Waals surface area contributed by atoms with Crippen molar-refractivity contribution in [3.63, 3.8) is 0 Å². The fourth-order valence-corrected chi connectivity index (χ4v) is 4.50. The van der Waals surface area contributed by atoms with Crippen LogP contribution < -0.4 is 0 Å². The van der Waals surface area contributed by atoms with Crippen molar-refractivity contribution in [2.24, 2.45) is 17.8 Å². The van der Waals surface area contributed by atoms with Gasteiger partial charge in [0.2, 0.25) is 0 Å². The van der Waals surface area contributed by atoms with E-state index in [1.165, 1.54) is 0 Å². The number of carbonyl (C=O) groups excluding carboxylic acids is 1. The van der Waals surface area contributed by atoms with E-state index in [0.717, 1.165) is 24.8 Å². The average molecular weight is 453 g/mol. The Kier molecular flexibility index (Phi) is 8.90. The zero-order chi connectivity index (χ0) is 23.3. The first kappa shape index (κ1) is 24.9. The molecule has 1 heterocycles. The molecule has 1 aromatic carbocycles. The van der Waals surface area contributed by atoms with E-state index < -0.39 is 36.9 Å². The second-order valence-corrected chi connectivity index (χ2v) is 9.35. The maximum atomic E-state index is 12.3. The van der Waals surface area contributed by atoms with Gasteiger partial charge < -0.3 is 34.3 Å². The standard InChI is InChI=1S/C24H36O8/c1-14(2)17-10-9-15(3)11-18(17)32-24(28)30-13-19-20(25)21(26)22(27)23(31-19)29-12-16-7-5-4-6-8-16/h4-8,14-15,17-23,25-27H,9-13H2,1-3H3/t15?,17?,18?,19-,20-,21+,22-,23+/m1/s1. The number of carbonyl (C=O) groups is 1. The van der Waals surface area contributed by atoms with E-state index in [1.54, 1.807) is 0 Å². The van der Waals surface area contributed by atoms with Crippen molar-refractivity contribution in [1.82, 2.24) is 0 Å². The molecule has 0 amide bonds. The van der Waals surface area contributed by atoms with Crippen LogP contribution in [0.2, 0.25) is 0 Å². The summed E-state index contributed by atoms with van der Waals surface area (Å²) in [5, 5.41) is 30.7. The Balaban J connectivity index is 1.52. The number of hydrogen-bond donors (Lipinski definition) is 3. The Bertz CT molecular complexity index is 711. The predicted molar refractivity (Wildman–Crippen MR) is 115 cm³/mol. The first-order valence-corrected chi connectivity index (χ1v) is 11.4. The summed E-state index contributed by atoms with van der Waals surface area (Å²) in [6, 6.07) is 9.30. The number of benzene rings is 1. The van der Waals surface area contributed by atoms with Gasteiger partial charge in [-0.1, -0.05) is 57.5 Å². The SMILES string of the molecule is CC1CCC(C(C)C)C(OC(=O)OC[C@H]2O[C@H](OCc3ccccc3)[C@H](O)[C@@H](O)[C@@H]2O)C1. The van der Waals surface area contributed by atoms with Crippen molar-refractivity contribution < 1.29 is 39.1 Å². The van der Waals surface area contributed by atoms with Crippen molar-refractivity contribution in [2.75, 3.05) is 6.61 Å². The highest BCUT2D eigenvalue weighted by atomic mass is 16.7. The molecule has 3 rings (SSSR count). The molecule has 0 aromatic heterocycles. The Hall–Kier alpha value is -1.71. The summed E-state index contributed by atoms with van der Waals surface area (Å²) in [5.74, 6) is 1.15. The lowest BCUT2D eigenvalue weighted by atomic mass is 9.75. The third-order valence-corrected chi connectivity index (χ3v) is 6.50. The molecule has 3 N–H and O–H groups in total. The Morgan fingerprint density at radius 1 is 1.09 bits per heavy atom. The smallest absolute Gasteiger partial charge is 0.431 e. The van der Waals surface area contributed by atoms with Gasteiger partial charge in [0.25, 0.3) is 0 Å². The van der Waals surface area contributed by atoms with E-state index >= 15 is 0 Å². The highest BCUT2D eigenvalue weighted by Crippen LogP contribution is 2.35. The lowest BCUT2D eigenvalue weighted by Crippen LogP contribution is -2.59. The lowest BCUT2D eigenvalue weighted by Gasteiger charge is -2.40. The molecule has 8 heteroatoms. The van der Waals surface area contributed by atoms with Gasteiger partial charge in [0.15, 0.2) is 6.29 Å². The minimum Gasteiger partial charge on any atom is -0.431 e. The number of hydrogen-bond acceptors (Lipinski definition) is 8. The first-order valence-electron chi connectivity index (χ1n) is 11.4. The molecule has 1 aliphatic heterocycles. The van der Waals surface area contributed by atoms with Gasteiger partial charge in [0, 0.05) is 0 Å². The quantitative estimate of drug-likeness (QED) is 0.541. The maximum Gasteiger partial charge on any atom is 0.508 e. The second-order valence-electron chi connectivity index (χ2n) is 9.35. The number of ether oxygens (including phenoxy) is 4. The van der Waals surface area contributed by atoms with Crippen molar-refractivity contribution in [2.45, 2.75) is 83.5 Å². The zero-order valence-corrected chi connectivity index (χ0v) is 19.0. The van der Waals surface area contributed by atoms with Crippen LogP contribution in [0.3, 0.4) is 0 Å². The topological polar surface area (TPSA) is 115 Å².